The smallest absolute Gasteiger partial charge is 1.00 e. The van der Waals surface area contributed by atoms with Gasteiger partial charge >= 0.3 is 29.6 Å². The van der Waals surface area contributed by atoms with Gasteiger partial charge in [-0.3, -0.25) is 8.97 Å². The number of hydrogen-bond acceptors (Lipinski definition) is 6. The number of benzene rings is 4. The summed E-state index contributed by atoms with van der Waals surface area (Å²) in [6.45, 7) is 0. The van der Waals surface area contributed by atoms with Gasteiger partial charge in [-0.25, -0.2) is 16.8 Å². The molecule has 0 bridgehead atoms. The molecule has 0 N–H and O–H groups in total. The summed E-state index contributed by atoms with van der Waals surface area (Å²) in [5.41, 5.74) is 6.26. The molecule has 8 nitrogen and oxygen atoms in total. The van der Waals surface area contributed by atoms with Gasteiger partial charge in [0.2, 0.25) is 0 Å². The zero-order valence-electron chi connectivity index (χ0n) is 33.0. The second-order valence-corrected chi connectivity index (χ2v) is 18.4. The first-order valence-electron chi connectivity index (χ1n) is 18.4. The topological polar surface area (TPSA) is 114 Å². The molecule has 282 valence electrons. The van der Waals surface area contributed by atoms with Crippen LogP contribution in [-0.4, -0.2) is 71.7 Å². The number of fused-ring (bicyclic) bond motifs is 6. The van der Waals surface area contributed by atoms with Gasteiger partial charge in [0.1, 0.15) is 23.1 Å². The van der Waals surface area contributed by atoms with Gasteiger partial charge in [0.15, 0.2) is 0 Å². The molecular formula is C43H51N2NaO6S2. The maximum Gasteiger partial charge on any atom is 1.00 e. The molecule has 2 aliphatic heterocycles. The second kappa shape index (κ2) is 17.1. The molecule has 0 fully saturated rings. The SMILES string of the molecule is C[N+]1(C)C(=CC=CC=CC=CC2C(CCCCS(=O)(=O)[O-])c3c(ccc4ccccc34)[N+]2(C)C)C(CCCCS(=O)(=O)[O-])c2c1ccc1ccccc21.[H-].[Na+]. The molecule has 4 aromatic rings. The third kappa shape index (κ3) is 9.20. The van der Waals surface area contributed by atoms with E-state index in [4.69, 9.17) is 0 Å². The van der Waals surface area contributed by atoms with Crippen LogP contribution < -0.4 is 38.5 Å². The van der Waals surface area contributed by atoms with Crippen molar-refractivity contribution in [2.75, 3.05) is 39.7 Å². The molecule has 54 heavy (non-hydrogen) atoms. The number of rotatable bonds is 14. The van der Waals surface area contributed by atoms with Crippen molar-refractivity contribution >= 4 is 53.2 Å². The van der Waals surface area contributed by atoms with E-state index in [0.717, 1.165) is 12.8 Å². The molecule has 4 aromatic carbocycles. The van der Waals surface area contributed by atoms with Crippen molar-refractivity contribution in [1.82, 2.24) is 8.97 Å². The summed E-state index contributed by atoms with van der Waals surface area (Å²) >= 11 is 0. The van der Waals surface area contributed by atoms with E-state index >= 15 is 0 Å². The summed E-state index contributed by atoms with van der Waals surface area (Å²) in [5, 5.41) is 4.77. The first kappa shape index (κ1) is 42.2. The molecule has 0 aromatic heterocycles. The predicted molar refractivity (Wildman–Crippen MR) is 218 cm³/mol. The molecule has 3 unspecified atom stereocenters. The fraction of sp³-hybridized carbons (Fsp3) is 0.349. The van der Waals surface area contributed by atoms with Gasteiger partial charge in [-0.05, 0) is 71.5 Å². The zero-order valence-corrected chi connectivity index (χ0v) is 35.7. The molecule has 11 heteroatoms. The summed E-state index contributed by atoms with van der Waals surface area (Å²) in [6, 6.07) is 25.6. The molecule has 0 saturated heterocycles. The monoisotopic (exact) mass is 778 g/mol. The van der Waals surface area contributed by atoms with E-state index in [-0.39, 0.29) is 60.4 Å². The molecule has 0 aliphatic carbocycles. The average molecular weight is 779 g/mol. The van der Waals surface area contributed by atoms with Crippen molar-refractivity contribution in [3.05, 3.63) is 132 Å². The average Bonchev–Trinajstić information content (AvgIpc) is 3.45. The van der Waals surface area contributed by atoms with Gasteiger partial charge in [0.25, 0.3) is 0 Å². The van der Waals surface area contributed by atoms with Crippen LogP contribution in [0.2, 0.25) is 0 Å². The number of quaternary nitrogens is 2. The fourth-order valence-electron chi connectivity index (χ4n) is 8.83. The van der Waals surface area contributed by atoms with Gasteiger partial charge in [0, 0.05) is 40.7 Å². The van der Waals surface area contributed by atoms with Crippen LogP contribution in [0.5, 0.6) is 0 Å². The third-order valence-corrected chi connectivity index (χ3v) is 12.9. The van der Waals surface area contributed by atoms with Crippen molar-refractivity contribution in [3.8, 4) is 0 Å². The van der Waals surface area contributed by atoms with E-state index in [2.05, 4.69) is 113 Å². The van der Waals surface area contributed by atoms with Crippen molar-refractivity contribution in [2.45, 2.75) is 56.4 Å². The Hall–Kier alpha value is -2.90. The second-order valence-electron chi connectivity index (χ2n) is 15.3. The van der Waals surface area contributed by atoms with Crippen LogP contribution in [0.1, 0.15) is 62.9 Å². The molecule has 2 heterocycles. The Balaban J connectivity index is 0.00000336. The van der Waals surface area contributed by atoms with Crippen molar-refractivity contribution in [2.24, 2.45) is 0 Å². The van der Waals surface area contributed by atoms with E-state index in [1.165, 1.54) is 49.7 Å². The number of likely N-dealkylation sites (N-methyl/N-ethyl adjacent to an activating group) is 2. The minimum atomic E-state index is -4.25. The number of allylic oxidation sites excluding steroid dienone is 7. The Morgan fingerprint density at radius 1 is 0.630 bits per heavy atom. The summed E-state index contributed by atoms with van der Waals surface area (Å²) in [6.07, 6.45) is 18.2. The number of hydrogen-bond donors (Lipinski definition) is 0. The molecule has 0 spiro atoms. The first-order chi connectivity index (χ1) is 25.1. The van der Waals surface area contributed by atoms with Gasteiger partial charge in [0.05, 0.1) is 54.3 Å². The van der Waals surface area contributed by atoms with Crippen LogP contribution in [0, 0.1) is 0 Å². The van der Waals surface area contributed by atoms with Crippen molar-refractivity contribution in [3.63, 3.8) is 0 Å². The summed E-state index contributed by atoms with van der Waals surface area (Å²) in [4.78, 5) is 0. The van der Waals surface area contributed by atoms with Crippen LogP contribution in [0.25, 0.3) is 21.5 Å². The van der Waals surface area contributed by atoms with E-state index in [1.54, 1.807) is 0 Å². The van der Waals surface area contributed by atoms with E-state index in [9.17, 15) is 25.9 Å². The van der Waals surface area contributed by atoms with Crippen LogP contribution in [-0.2, 0) is 20.2 Å². The Morgan fingerprint density at radius 2 is 1.15 bits per heavy atom. The third-order valence-electron chi connectivity index (χ3n) is 11.3. The zero-order chi connectivity index (χ0) is 38.0. The molecule has 2 aliphatic rings. The first-order valence-corrected chi connectivity index (χ1v) is 21.6. The van der Waals surface area contributed by atoms with Crippen LogP contribution in [0.3, 0.4) is 0 Å². The summed E-state index contributed by atoms with van der Waals surface area (Å²) < 4.78 is 69.1. The summed E-state index contributed by atoms with van der Waals surface area (Å²) in [5.74, 6) is -0.433. The van der Waals surface area contributed by atoms with Gasteiger partial charge in [-0.1, -0.05) is 91.8 Å². The van der Waals surface area contributed by atoms with Crippen molar-refractivity contribution in [1.29, 1.82) is 0 Å². The fourth-order valence-corrected chi connectivity index (χ4v) is 9.94. The minimum Gasteiger partial charge on any atom is -1.00 e. The molecule has 0 amide bonds. The standard InChI is InChI=1S/C43H50N2O6S2.Na.H/c1-44(2)38(36(22-14-16-30-52(46,47)48)42-34-20-12-10-18-32(34)26-28-40(42)44)24-8-6-5-7-9-25-39-37(23-15-17-31-53(49,50)51)43-35-21-13-11-19-33(35)27-29-41(43)45(39,3)4;;/h5-13,18-21,24-29,36-38H,14-17,22-23,30-31H2,1-4H3;;/q;+1;-1. The minimum absolute atomic E-state index is 0. The van der Waals surface area contributed by atoms with E-state index in [1.807, 2.05) is 30.4 Å². The maximum atomic E-state index is 11.3. The Labute approximate surface area is 345 Å². The Kier molecular flexibility index (Phi) is 13.4. The largest absolute Gasteiger partial charge is 1.00 e. The van der Waals surface area contributed by atoms with Gasteiger partial charge < -0.3 is 10.5 Å². The Morgan fingerprint density at radius 3 is 1.76 bits per heavy atom. The van der Waals surface area contributed by atoms with E-state index in [0.29, 0.717) is 34.6 Å². The maximum absolute atomic E-state index is 11.3. The van der Waals surface area contributed by atoms with Crippen LogP contribution in [0.15, 0.2) is 121 Å². The molecular weight excluding hydrogens is 728 g/mol. The normalized spacial score (nSPS) is 21.4. The van der Waals surface area contributed by atoms with Gasteiger partial charge in [-0.2, -0.15) is 0 Å². The molecule has 0 radical (unpaired) electrons. The van der Waals surface area contributed by atoms with Gasteiger partial charge in [-0.15, -0.1) is 0 Å². The Bertz CT molecular complexity index is 2350. The van der Waals surface area contributed by atoms with E-state index < -0.39 is 20.2 Å². The van der Waals surface area contributed by atoms with Crippen LogP contribution >= 0.6 is 0 Å². The van der Waals surface area contributed by atoms with Crippen LogP contribution in [0.4, 0.5) is 11.4 Å². The quantitative estimate of drug-likeness (QED) is 0.0551. The molecule has 6 rings (SSSR count). The predicted octanol–water partition coefficient (Wildman–Crippen LogP) is 5.49. The van der Waals surface area contributed by atoms with Crippen molar-refractivity contribution < 1.29 is 56.9 Å². The number of unbranched alkanes of at least 4 members (excludes halogenated alkanes) is 2. The molecule has 3 atom stereocenters. The molecule has 0 saturated carbocycles. The summed E-state index contributed by atoms with van der Waals surface area (Å²) in [7, 11) is 0.324. The number of nitrogens with zero attached hydrogens (tertiary/aromatic N) is 2.